The molecule has 0 aliphatic heterocycles. The lowest BCUT2D eigenvalue weighted by molar-refractivity contribution is 1.14. The molecule has 17 heavy (non-hydrogen) atoms. The maximum absolute atomic E-state index is 6.28. The van der Waals surface area contributed by atoms with Crippen molar-refractivity contribution in [2.75, 3.05) is 0 Å². The number of benzene rings is 2. The number of hydrogen-bond acceptors (Lipinski definition) is 0. The molecule has 0 aromatic heterocycles. The van der Waals surface area contributed by atoms with E-state index in [1.165, 1.54) is 5.56 Å². The van der Waals surface area contributed by atoms with Gasteiger partial charge in [-0.25, -0.2) is 0 Å². The van der Waals surface area contributed by atoms with E-state index in [1.54, 1.807) is 0 Å². The van der Waals surface area contributed by atoms with Crippen molar-refractivity contribution in [1.29, 1.82) is 0 Å². The minimum absolute atomic E-state index is 0.786. The van der Waals surface area contributed by atoms with Gasteiger partial charge in [0, 0.05) is 15.1 Å². The van der Waals surface area contributed by atoms with Gasteiger partial charge in [0.15, 0.2) is 0 Å². The van der Waals surface area contributed by atoms with Gasteiger partial charge >= 0.3 is 0 Å². The minimum atomic E-state index is 0.786. The first kappa shape index (κ1) is 12.7. The Morgan fingerprint density at radius 1 is 1.24 bits per heavy atom. The molecule has 2 heteroatoms. The standard InChI is InChI=1S/C15H13BrCl/c1-3-11-5-7-15(17)13(9-11)12-8-10(2)4-6-14(12)16/h5-9H,3H2,1-2H3. The van der Waals surface area contributed by atoms with E-state index in [1.807, 2.05) is 19.1 Å². The van der Waals surface area contributed by atoms with Gasteiger partial charge in [-0.1, -0.05) is 40.5 Å². The largest absolute Gasteiger partial charge is 0.0837 e. The fourth-order valence-corrected chi connectivity index (χ4v) is 2.45. The van der Waals surface area contributed by atoms with E-state index < -0.39 is 0 Å². The highest BCUT2D eigenvalue weighted by atomic mass is 79.9. The maximum Gasteiger partial charge on any atom is 0.0484 e. The van der Waals surface area contributed by atoms with Crippen molar-refractivity contribution in [2.45, 2.75) is 20.3 Å². The van der Waals surface area contributed by atoms with Crippen LogP contribution in [0, 0.1) is 13.0 Å². The van der Waals surface area contributed by atoms with Crippen LogP contribution in [0.5, 0.6) is 0 Å². The summed E-state index contributed by atoms with van der Waals surface area (Å²) < 4.78 is 1.03. The highest BCUT2D eigenvalue weighted by Gasteiger charge is 2.08. The van der Waals surface area contributed by atoms with Crippen molar-refractivity contribution in [2.24, 2.45) is 0 Å². The molecule has 2 aromatic carbocycles. The smallest absolute Gasteiger partial charge is 0.0484 e. The Kier molecular flexibility index (Phi) is 3.90. The Hall–Kier alpha value is -0.790. The molecule has 0 saturated carbocycles. The Morgan fingerprint density at radius 2 is 2.00 bits per heavy atom. The van der Waals surface area contributed by atoms with Crippen molar-refractivity contribution < 1.29 is 0 Å². The molecule has 0 atom stereocenters. The average Bonchev–Trinajstić information content (AvgIpc) is 2.33. The molecule has 0 fully saturated rings. The fraction of sp³-hybridized carbons (Fsp3) is 0.200. The zero-order chi connectivity index (χ0) is 12.4. The Morgan fingerprint density at radius 3 is 2.71 bits per heavy atom. The topological polar surface area (TPSA) is 0 Å². The minimum Gasteiger partial charge on any atom is -0.0837 e. The van der Waals surface area contributed by atoms with Crippen LogP contribution in [0.25, 0.3) is 11.1 Å². The lowest BCUT2D eigenvalue weighted by Crippen LogP contribution is -1.87. The molecule has 0 N–H and O–H groups in total. The normalized spacial score (nSPS) is 10.6. The van der Waals surface area contributed by atoms with Crippen LogP contribution in [0.3, 0.4) is 0 Å². The summed E-state index contributed by atoms with van der Waals surface area (Å²) in [5.41, 5.74) is 4.61. The zero-order valence-electron chi connectivity index (χ0n) is 9.85. The molecule has 0 bridgehead atoms. The third-order valence-electron chi connectivity index (χ3n) is 2.77. The molecule has 1 radical (unpaired) electrons. The molecule has 2 rings (SSSR count). The summed E-state index contributed by atoms with van der Waals surface area (Å²) >= 11 is 9.84. The van der Waals surface area contributed by atoms with Crippen molar-refractivity contribution in [3.63, 3.8) is 0 Å². The molecule has 0 nitrogen and oxygen atoms in total. The van der Waals surface area contributed by atoms with Gasteiger partial charge in [-0.3, -0.25) is 0 Å². The van der Waals surface area contributed by atoms with Crippen LogP contribution >= 0.6 is 27.5 Å². The number of rotatable bonds is 2. The third kappa shape index (κ3) is 2.72. The fourth-order valence-electron chi connectivity index (χ4n) is 1.79. The monoisotopic (exact) mass is 307 g/mol. The van der Waals surface area contributed by atoms with Crippen LogP contribution in [0.1, 0.15) is 18.1 Å². The first-order valence-corrected chi connectivity index (χ1v) is 6.75. The van der Waals surface area contributed by atoms with Crippen molar-refractivity contribution in [3.8, 4) is 11.1 Å². The molecular formula is C15H13BrCl. The lowest BCUT2D eigenvalue weighted by Gasteiger charge is -2.10. The SMILES string of the molecule is CCc1ccc(Cl)c(-c2cc(C)[c]cc2Br)c1. The van der Waals surface area contributed by atoms with Crippen molar-refractivity contribution in [1.82, 2.24) is 0 Å². The number of hydrogen-bond donors (Lipinski definition) is 0. The Bertz CT molecular complexity index is 547. The molecular weight excluding hydrogens is 296 g/mol. The van der Waals surface area contributed by atoms with Gasteiger partial charge in [0.2, 0.25) is 0 Å². The quantitative estimate of drug-likeness (QED) is 0.693. The summed E-state index contributed by atoms with van der Waals surface area (Å²) in [6.07, 6.45) is 1.01. The van der Waals surface area contributed by atoms with Gasteiger partial charge in [-0.15, -0.1) is 0 Å². The predicted octanol–water partition coefficient (Wildman–Crippen LogP) is 5.44. The van der Waals surface area contributed by atoms with Gasteiger partial charge < -0.3 is 0 Å². The first-order valence-electron chi connectivity index (χ1n) is 5.58. The second-order valence-electron chi connectivity index (χ2n) is 4.05. The van der Waals surface area contributed by atoms with Crippen LogP contribution < -0.4 is 0 Å². The molecule has 87 valence electrons. The van der Waals surface area contributed by atoms with E-state index in [9.17, 15) is 0 Å². The average molecular weight is 309 g/mol. The zero-order valence-corrected chi connectivity index (χ0v) is 12.2. The Balaban J connectivity index is 2.62. The van der Waals surface area contributed by atoms with Crippen molar-refractivity contribution in [3.05, 3.63) is 57.0 Å². The summed E-state index contributed by atoms with van der Waals surface area (Å²) in [7, 11) is 0. The van der Waals surface area contributed by atoms with Gasteiger partial charge in [0.25, 0.3) is 0 Å². The molecule has 0 aliphatic carbocycles. The first-order chi connectivity index (χ1) is 8.11. The van der Waals surface area contributed by atoms with Crippen molar-refractivity contribution >= 4 is 27.5 Å². The van der Waals surface area contributed by atoms with Gasteiger partial charge in [0.1, 0.15) is 0 Å². The van der Waals surface area contributed by atoms with Gasteiger partial charge in [0.05, 0.1) is 0 Å². The highest BCUT2D eigenvalue weighted by molar-refractivity contribution is 9.10. The second kappa shape index (κ2) is 5.24. The summed E-state index contributed by atoms with van der Waals surface area (Å²) in [5, 5.41) is 0.786. The number of aryl methyl sites for hydroxylation is 2. The van der Waals surface area contributed by atoms with E-state index >= 15 is 0 Å². The van der Waals surface area contributed by atoms with Crippen LogP contribution in [-0.2, 0) is 6.42 Å². The Labute approximate surface area is 116 Å². The molecule has 0 unspecified atom stereocenters. The third-order valence-corrected chi connectivity index (χ3v) is 3.76. The van der Waals surface area contributed by atoms with E-state index in [2.05, 4.69) is 47.1 Å². The van der Waals surface area contributed by atoms with Crippen LogP contribution in [0.4, 0.5) is 0 Å². The molecule has 0 heterocycles. The molecule has 0 spiro atoms. The highest BCUT2D eigenvalue weighted by Crippen LogP contribution is 2.34. The summed E-state index contributed by atoms with van der Waals surface area (Å²) in [6.45, 7) is 4.18. The second-order valence-corrected chi connectivity index (χ2v) is 5.31. The molecule has 0 amide bonds. The molecule has 2 aromatic rings. The van der Waals surface area contributed by atoms with Crippen LogP contribution in [0.15, 0.2) is 34.8 Å². The van der Waals surface area contributed by atoms with Gasteiger partial charge in [-0.2, -0.15) is 0 Å². The summed E-state index contributed by atoms with van der Waals surface area (Å²) in [5.74, 6) is 0. The summed E-state index contributed by atoms with van der Waals surface area (Å²) in [4.78, 5) is 0. The lowest BCUT2D eigenvalue weighted by atomic mass is 10.0. The molecule has 0 aliphatic rings. The van der Waals surface area contributed by atoms with Gasteiger partial charge in [-0.05, 0) is 60.4 Å². The number of halogens is 2. The van der Waals surface area contributed by atoms with E-state index in [0.29, 0.717) is 0 Å². The van der Waals surface area contributed by atoms with E-state index in [-0.39, 0.29) is 0 Å². The van der Waals surface area contributed by atoms with Crippen LogP contribution in [0.2, 0.25) is 5.02 Å². The van der Waals surface area contributed by atoms with E-state index in [0.717, 1.165) is 32.6 Å². The molecule has 0 saturated heterocycles. The van der Waals surface area contributed by atoms with Crippen LogP contribution in [-0.4, -0.2) is 0 Å². The predicted molar refractivity (Wildman–Crippen MR) is 77.5 cm³/mol. The maximum atomic E-state index is 6.28. The van der Waals surface area contributed by atoms with E-state index in [4.69, 9.17) is 11.6 Å². The summed E-state index contributed by atoms with van der Waals surface area (Å²) in [6, 6.07) is 13.4.